The van der Waals surface area contributed by atoms with Crippen LogP contribution in [0.3, 0.4) is 0 Å². The van der Waals surface area contributed by atoms with E-state index in [0.717, 1.165) is 12.0 Å². The minimum Gasteiger partial charge on any atom is -0.330 e. The van der Waals surface area contributed by atoms with E-state index in [1.165, 1.54) is 71.0 Å². The molecule has 0 bridgehead atoms. The second kappa shape index (κ2) is 6.19. The van der Waals surface area contributed by atoms with Crippen molar-refractivity contribution in [3.8, 4) is 0 Å². The van der Waals surface area contributed by atoms with E-state index >= 15 is 0 Å². The monoisotopic (exact) mass is 238 g/mol. The first-order chi connectivity index (χ1) is 8.24. The Morgan fingerprint density at radius 3 is 2.35 bits per heavy atom. The van der Waals surface area contributed by atoms with Crippen molar-refractivity contribution < 1.29 is 0 Å². The van der Waals surface area contributed by atoms with Crippen LogP contribution in [0.1, 0.15) is 58.3 Å². The van der Waals surface area contributed by atoms with Gasteiger partial charge in [-0.3, -0.25) is 0 Å². The van der Waals surface area contributed by atoms with Gasteiger partial charge in [-0.2, -0.15) is 0 Å². The largest absolute Gasteiger partial charge is 0.330 e. The smallest absolute Gasteiger partial charge is 0.00134 e. The van der Waals surface area contributed by atoms with Gasteiger partial charge in [-0.1, -0.05) is 19.8 Å². The molecule has 17 heavy (non-hydrogen) atoms. The Labute approximate surface area is 107 Å². The molecule has 0 aromatic carbocycles. The number of nitrogens with zero attached hydrogens (tertiary/aromatic N) is 1. The van der Waals surface area contributed by atoms with E-state index in [1.807, 2.05) is 0 Å². The van der Waals surface area contributed by atoms with Crippen LogP contribution in [0.25, 0.3) is 0 Å². The summed E-state index contributed by atoms with van der Waals surface area (Å²) in [5.74, 6) is 0.709. The van der Waals surface area contributed by atoms with E-state index in [9.17, 15) is 0 Å². The van der Waals surface area contributed by atoms with Gasteiger partial charge in [-0.05, 0) is 76.0 Å². The van der Waals surface area contributed by atoms with E-state index in [0.29, 0.717) is 5.92 Å². The predicted molar refractivity (Wildman–Crippen MR) is 74.0 cm³/mol. The van der Waals surface area contributed by atoms with E-state index in [-0.39, 0.29) is 0 Å². The number of nitrogens with two attached hydrogens (primary N) is 1. The highest BCUT2D eigenvalue weighted by Crippen LogP contribution is 2.46. The summed E-state index contributed by atoms with van der Waals surface area (Å²) in [7, 11) is 0. The Bertz CT molecular complexity index is 211. The van der Waals surface area contributed by atoms with E-state index in [2.05, 4.69) is 11.8 Å². The molecule has 2 aliphatic rings. The summed E-state index contributed by atoms with van der Waals surface area (Å²) in [5, 5.41) is 0. The van der Waals surface area contributed by atoms with Gasteiger partial charge in [0.1, 0.15) is 0 Å². The number of piperidine rings is 1. The lowest BCUT2D eigenvalue weighted by Gasteiger charge is -2.39. The molecule has 1 saturated heterocycles. The molecule has 1 aliphatic heterocycles. The SMILES string of the molecule is CC(CN)CCCN1CCC2(CCCC2)CC1. The zero-order chi connectivity index (χ0) is 12.1. The molecule has 100 valence electrons. The molecule has 0 aromatic heterocycles. The Morgan fingerprint density at radius 2 is 1.76 bits per heavy atom. The minimum absolute atomic E-state index is 0.709. The van der Waals surface area contributed by atoms with Crippen LogP contribution in [0.4, 0.5) is 0 Å². The van der Waals surface area contributed by atoms with Crippen LogP contribution < -0.4 is 5.73 Å². The highest BCUT2D eigenvalue weighted by atomic mass is 15.1. The highest BCUT2D eigenvalue weighted by molar-refractivity contribution is 4.89. The van der Waals surface area contributed by atoms with Crippen LogP contribution in [-0.4, -0.2) is 31.1 Å². The van der Waals surface area contributed by atoms with Crippen LogP contribution in [0, 0.1) is 11.3 Å². The van der Waals surface area contributed by atoms with Crippen molar-refractivity contribution in [3.63, 3.8) is 0 Å². The number of likely N-dealkylation sites (tertiary alicyclic amines) is 1. The highest BCUT2D eigenvalue weighted by Gasteiger charge is 2.36. The molecule has 0 aromatic rings. The minimum atomic E-state index is 0.709. The van der Waals surface area contributed by atoms with Crippen molar-refractivity contribution >= 4 is 0 Å². The number of rotatable bonds is 5. The first-order valence-electron chi connectivity index (χ1n) is 7.66. The molecule has 1 unspecified atom stereocenters. The van der Waals surface area contributed by atoms with Gasteiger partial charge in [0.25, 0.3) is 0 Å². The van der Waals surface area contributed by atoms with Crippen molar-refractivity contribution in [2.75, 3.05) is 26.2 Å². The lowest BCUT2D eigenvalue weighted by molar-refractivity contribution is 0.106. The van der Waals surface area contributed by atoms with Gasteiger partial charge in [-0.25, -0.2) is 0 Å². The van der Waals surface area contributed by atoms with Crippen LogP contribution in [-0.2, 0) is 0 Å². The van der Waals surface area contributed by atoms with Gasteiger partial charge < -0.3 is 10.6 Å². The number of hydrogen-bond acceptors (Lipinski definition) is 2. The summed E-state index contributed by atoms with van der Waals surface area (Å²) in [6, 6.07) is 0. The lowest BCUT2D eigenvalue weighted by Crippen LogP contribution is -2.39. The molecule has 2 nitrogen and oxygen atoms in total. The van der Waals surface area contributed by atoms with Crippen LogP contribution in [0.2, 0.25) is 0 Å². The summed E-state index contributed by atoms with van der Waals surface area (Å²) in [5.41, 5.74) is 6.44. The predicted octanol–water partition coefficient (Wildman–Crippen LogP) is 3.02. The fraction of sp³-hybridized carbons (Fsp3) is 1.00. The third-order valence-electron chi connectivity index (χ3n) is 5.15. The standard InChI is InChI=1S/C15H30N2/c1-14(13-16)5-4-10-17-11-8-15(9-12-17)6-2-3-7-15/h14H,2-13,16H2,1H3. The molecule has 0 amide bonds. The van der Waals surface area contributed by atoms with Crippen molar-refractivity contribution in [2.45, 2.75) is 58.3 Å². The lowest BCUT2D eigenvalue weighted by atomic mass is 9.77. The van der Waals surface area contributed by atoms with Crippen molar-refractivity contribution in [1.82, 2.24) is 4.90 Å². The molecule has 0 radical (unpaired) electrons. The molecule has 1 spiro atoms. The van der Waals surface area contributed by atoms with Gasteiger partial charge in [0.2, 0.25) is 0 Å². The first-order valence-corrected chi connectivity index (χ1v) is 7.66. The fourth-order valence-electron chi connectivity index (χ4n) is 3.66. The van der Waals surface area contributed by atoms with E-state index < -0.39 is 0 Å². The maximum absolute atomic E-state index is 5.66. The molecule has 1 aliphatic carbocycles. The quantitative estimate of drug-likeness (QED) is 0.798. The van der Waals surface area contributed by atoms with Crippen LogP contribution in [0.5, 0.6) is 0 Å². The van der Waals surface area contributed by atoms with Crippen LogP contribution >= 0.6 is 0 Å². The van der Waals surface area contributed by atoms with Crippen molar-refractivity contribution in [1.29, 1.82) is 0 Å². The van der Waals surface area contributed by atoms with Gasteiger partial charge in [0, 0.05) is 0 Å². The summed E-state index contributed by atoms with van der Waals surface area (Å²) in [4.78, 5) is 2.69. The molecule has 1 atom stereocenters. The number of hydrogen-bond donors (Lipinski definition) is 1. The topological polar surface area (TPSA) is 29.3 Å². The third kappa shape index (κ3) is 3.69. The molecule has 2 fully saturated rings. The van der Waals surface area contributed by atoms with Gasteiger partial charge in [-0.15, -0.1) is 0 Å². The summed E-state index contributed by atoms with van der Waals surface area (Å²) in [6.07, 6.45) is 11.6. The van der Waals surface area contributed by atoms with Crippen molar-refractivity contribution in [2.24, 2.45) is 17.1 Å². The van der Waals surface area contributed by atoms with E-state index in [4.69, 9.17) is 5.73 Å². The maximum atomic E-state index is 5.66. The first kappa shape index (κ1) is 13.4. The molecule has 1 saturated carbocycles. The van der Waals surface area contributed by atoms with Crippen LogP contribution in [0.15, 0.2) is 0 Å². The molecule has 2 N–H and O–H groups in total. The second-order valence-corrected chi connectivity index (χ2v) is 6.53. The Kier molecular flexibility index (Phi) is 4.87. The molecule has 2 rings (SSSR count). The zero-order valence-corrected chi connectivity index (χ0v) is 11.6. The Hall–Kier alpha value is -0.0800. The fourth-order valence-corrected chi connectivity index (χ4v) is 3.66. The summed E-state index contributed by atoms with van der Waals surface area (Å²) in [6.45, 7) is 7.14. The Balaban J connectivity index is 1.62. The molecule has 2 heteroatoms. The average molecular weight is 238 g/mol. The maximum Gasteiger partial charge on any atom is -0.00134 e. The summed E-state index contributed by atoms with van der Waals surface area (Å²) >= 11 is 0. The molecular weight excluding hydrogens is 208 g/mol. The Morgan fingerprint density at radius 1 is 1.12 bits per heavy atom. The van der Waals surface area contributed by atoms with Gasteiger partial charge in [0.05, 0.1) is 0 Å². The normalized spacial score (nSPS) is 26.5. The molecular formula is C15H30N2. The van der Waals surface area contributed by atoms with Crippen molar-refractivity contribution in [3.05, 3.63) is 0 Å². The van der Waals surface area contributed by atoms with E-state index in [1.54, 1.807) is 0 Å². The summed E-state index contributed by atoms with van der Waals surface area (Å²) < 4.78 is 0. The zero-order valence-electron chi connectivity index (χ0n) is 11.6. The van der Waals surface area contributed by atoms with Gasteiger partial charge >= 0.3 is 0 Å². The molecule has 1 heterocycles. The van der Waals surface area contributed by atoms with Gasteiger partial charge in [0.15, 0.2) is 0 Å². The second-order valence-electron chi connectivity index (χ2n) is 6.53. The average Bonchev–Trinajstić information content (AvgIpc) is 2.80. The third-order valence-corrected chi connectivity index (χ3v) is 5.15.